The molecule has 0 aromatic heterocycles. The van der Waals surface area contributed by atoms with Crippen LogP contribution in [-0.4, -0.2) is 37.2 Å². The van der Waals surface area contributed by atoms with Crippen molar-refractivity contribution in [1.82, 2.24) is 0 Å². The first-order valence-corrected chi connectivity index (χ1v) is 29.2. The van der Waals surface area contributed by atoms with Gasteiger partial charge in [0.2, 0.25) is 0 Å². The highest BCUT2D eigenvalue weighted by Crippen LogP contribution is 2.18. The molecule has 0 N–H and O–H groups in total. The summed E-state index contributed by atoms with van der Waals surface area (Å²) in [6.07, 6.45) is 55.2. The van der Waals surface area contributed by atoms with Crippen LogP contribution in [-0.2, 0) is 28.6 Å². The Morgan fingerprint density at radius 3 is 0.754 bits per heavy atom. The summed E-state index contributed by atoms with van der Waals surface area (Å²) in [5, 5.41) is 0. The number of carbonyl (C=O) groups excluding carboxylic acids is 3. The summed E-state index contributed by atoms with van der Waals surface area (Å²) in [7, 11) is 0. The highest BCUT2D eigenvalue weighted by molar-refractivity contribution is 5.71. The van der Waals surface area contributed by atoms with Crippen LogP contribution in [0.5, 0.6) is 0 Å². The number of hydrogen-bond donors (Lipinski definition) is 0. The molecule has 0 spiro atoms. The van der Waals surface area contributed by atoms with Crippen LogP contribution in [0.15, 0.2) is 0 Å². The Labute approximate surface area is 406 Å². The van der Waals surface area contributed by atoms with E-state index in [1.807, 2.05) is 0 Å². The Balaban J connectivity index is 4.29. The van der Waals surface area contributed by atoms with Crippen molar-refractivity contribution in [2.75, 3.05) is 13.2 Å². The molecule has 0 aliphatic heterocycles. The Kier molecular flexibility index (Phi) is 50.5. The molecule has 0 heterocycles. The predicted molar refractivity (Wildman–Crippen MR) is 280 cm³/mol. The molecular weight excluding hydrogens is 805 g/mol. The van der Waals surface area contributed by atoms with Crippen LogP contribution in [0.25, 0.3) is 0 Å². The lowest BCUT2D eigenvalue weighted by molar-refractivity contribution is -0.167. The van der Waals surface area contributed by atoms with Gasteiger partial charge in [-0.3, -0.25) is 14.4 Å². The van der Waals surface area contributed by atoms with Gasteiger partial charge in [0.25, 0.3) is 0 Å². The monoisotopic (exact) mass is 919 g/mol. The van der Waals surface area contributed by atoms with E-state index in [2.05, 4.69) is 34.6 Å². The van der Waals surface area contributed by atoms with E-state index in [1.165, 1.54) is 218 Å². The van der Waals surface area contributed by atoms with Gasteiger partial charge in [0.1, 0.15) is 13.2 Å². The van der Waals surface area contributed by atoms with E-state index >= 15 is 0 Å². The second kappa shape index (κ2) is 51.8. The summed E-state index contributed by atoms with van der Waals surface area (Å²) in [5.74, 6) is 0.847. The van der Waals surface area contributed by atoms with Crippen molar-refractivity contribution in [2.45, 2.75) is 336 Å². The molecule has 6 heteroatoms. The van der Waals surface area contributed by atoms with Crippen molar-refractivity contribution in [1.29, 1.82) is 0 Å². The van der Waals surface area contributed by atoms with Gasteiger partial charge in [-0.2, -0.15) is 0 Å². The lowest BCUT2D eigenvalue weighted by atomic mass is 10.0. The van der Waals surface area contributed by atoms with Crippen LogP contribution in [0.4, 0.5) is 0 Å². The number of carbonyl (C=O) groups is 3. The van der Waals surface area contributed by atoms with Gasteiger partial charge >= 0.3 is 17.9 Å². The van der Waals surface area contributed by atoms with Gasteiger partial charge in [-0.05, 0) is 31.1 Å². The number of rotatable bonds is 53. The van der Waals surface area contributed by atoms with Gasteiger partial charge in [-0.15, -0.1) is 0 Å². The van der Waals surface area contributed by atoms with Crippen molar-refractivity contribution in [3.05, 3.63) is 0 Å². The minimum Gasteiger partial charge on any atom is -0.462 e. The molecule has 65 heavy (non-hydrogen) atoms. The second-order valence-electron chi connectivity index (χ2n) is 21.2. The lowest BCUT2D eigenvalue weighted by Gasteiger charge is -2.18. The fourth-order valence-electron chi connectivity index (χ4n) is 9.05. The van der Waals surface area contributed by atoms with Crippen molar-refractivity contribution < 1.29 is 28.6 Å². The van der Waals surface area contributed by atoms with Crippen LogP contribution < -0.4 is 0 Å². The summed E-state index contributed by atoms with van der Waals surface area (Å²) < 4.78 is 16.9. The van der Waals surface area contributed by atoms with Gasteiger partial charge in [-0.1, -0.05) is 291 Å². The number of ether oxygens (including phenoxy) is 3. The number of esters is 3. The van der Waals surface area contributed by atoms with Crippen molar-refractivity contribution >= 4 is 17.9 Å². The van der Waals surface area contributed by atoms with E-state index in [-0.39, 0.29) is 31.1 Å². The first-order chi connectivity index (χ1) is 31.7. The summed E-state index contributed by atoms with van der Waals surface area (Å²) in [6, 6.07) is 0. The standard InChI is InChI=1S/C59H114O6/c1-6-7-8-9-10-11-12-13-19-26-31-36-41-46-51-59(62)65-56(53-64-58(61)50-45-40-35-30-25-21-16-18-23-28-33-38-43-48-55(4)5)52-63-57(60)49-44-39-34-29-24-20-15-14-17-22-27-32-37-42-47-54(2)3/h54-56H,6-53H2,1-5H3/t56-/m0/s1. The topological polar surface area (TPSA) is 78.9 Å². The summed E-state index contributed by atoms with van der Waals surface area (Å²) in [6.45, 7) is 11.4. The highest BCUT2D eigenvalue weighted by atomic mass is 16.6. The fourth-order valence-corrected chi connectivity index (χ4v) is 9.05. The molecule has 0 radical (unpaired) electrons. The average molecular weight is 920 g/mol. The Bertz CT molecular complexity index is 993. The molecule has 0 aromatic rings. The van der Waals surface area contributed by atoms with Crippen molar-refractivity contribution in [2.24, 2.45) is 11.8 Å². The van der Waals surface area contributed by atoms with E-state index in [4.69, 9.17) is 14.2 Å². The molecule has 1 atom stereocenters. The van der Waals surface area contributed by atoms with E-state index in [1.54, 1.807) is 0 Å². The molecule has 0 rings (SSSR count). The maximum Gasteiger partial charge on any atom is 0.306 e. The zero-order valence-corrected chi connectivity index (χ0v) is 44.6. The lowest BCUT2D eigenvalue weighted by Crippen LogP contribution is -2.30. The Morgan fingerprint density at radius 2 is 0.508 bits per heavy atom. The van der Waals surface area contributed by atoms with Crippen LogP contribution >= 0.6 is 0 Å². The van der Waals surface area contributed by atoms with Gasteiger partial charge in [0, 0.05) is 19.3 Å². The average Bonchev–Trinajstić information content (AvgIpc) is 3.28. The van der Waals surface area contributed by atoms with Gasteiger partial charge in [0.05, 0.1) is 0 Å². The normalized spacial score (nSPS) is 12.0. The minimum atomic E-state index is -0.762. The van der Waals surface area contributed by atoms with Crippen molar-refractivity contribution in [3.63, 3.8) is 0 Å². The van der Waals surface area contributed by atoms with E-state index < -0.39 is 6.10 Å². The SMILES string of the molecule is CCCCCCCCCCCCCCCCC(=O)O[C@@H](COC(=O)CCCCCCCCCCCCCCCCC(C)C)COC(=O)CCCCCCCCCCCCCCCC(C)C. The molecule has 0 fully saturated rings. The molecule has 0 bridgehead atoms. The van der Waals surface area contributed by atoms with E-state index in [0.717, 1.165) is 69.6 Å². The highest BCUT2D eigenvalue weighted by Gasteiger charge is 2.19. The minimum absolute atomic E-state index is 0.0625. The molecule has 6 nitrogen and oxygen atoms in total. The second-order valence-corrected chi connectivity index (χ2v) is 21.2. The van der Waals surface area contributed by atoms with Crippen LogP contribution in [0.2, 0.25) is 0 Å². The predicted octanol–water partition coefficient (Wildman–Crippen LogP) is 19.3. The molecule has 0 amide bonds. The Morgan fingerprint density at radius 1 is 0.292 bits per heavy atom. The summed E-state index contributed by atoms with van der Waals surface area (Å²) >= 11 is 0. The third-order valence-corrected chi connectivity index (χ3v) is 13.5. The molecule has 0 saturated carbocycles. The maximum atomic E-state index is 12.8. The van der Waals surface area contributed by atoms with Crippen LogP contribution in [0, 0.1) is 11.8 Å². The molecule has 0 unspecified atom stereocenters. The molecule has 0 aliphatic rings. The Hall–Kier alpha value is -1.59. The zero-order chi connectivity index (χ0) is 47.5. The van der Waals surface area contributed by atoms with Crippen molar-refractivity contribution in [3.8, 4) is 0 Å². The van der Waals surface area contributed by atoms with E-state index in [9.17, 15) is 14.4 Å². The molecule has 0 aliphatic carbocycles. The first-order valence-electron chi connectivity index (χ1n) is 29.2. The van der Waals surface area contributed by atoms with Crippen LogP contribution in [0.3, 0.4) is 0 Å². The summed E-state index contributed by atoms with van der Waals surface area (Å²) in [4.78, 5) is 38.2. The third kappa shape index (κ3) is 53.2. The quantitative estimate of drug-likeness (QED) is 0.0344. The number of unbranched alkanes of at least 4 members (excludes halogenated alkanes) is 38. The van der Waals surface area contributed by atoms with Crippen LogP contribution in [0.1, 0.15) is 330 Å². The molecule has 386 valence electrons. The van der Waals surface area contributed by atoms with Gasteiger partial charge in [0.15, 0.2) is 6.10 Å². The van der Waals surface area contributed by atoms with Gasteiger partial charge < -0.3 is 14.2 Å². The maximum absolute atomic E-state index is 12.8. The molecule has 0 aromatic carbocycles. The first kappa shape index (κ1) is 63.4. The zero-order valence-electron chi connectivity index (χ0n) is 44.6. The summed E-state index contributed by atoms with van der Waals surface area (Å²) in [5.41, 5.74) is 0. The third-order valence-electron chi connectivity index (χ3n) is 13.5. The number of hydrogen-bond acceptors (Lipinski definition) is 6. The van der Waals surface area contributed by atoms with E-state index in [0.29, 0.717) is 19.3 Å². The smallest absolute Gasteiger partial charge is 0.306 e. The molecular formula is C59H114O6. The molecule has 0 saturated heterocycles. The fraction of sp³-hybridized carbons (Fsp3) is 0.949. The van der Waals surface area contributed by atoms with Gasteiger partial charge in [-0.25, -0.2) is 0 Å². The largest absolute Gasteiger partial charge is 0.462 e.